The summed E-state index contributed by atoms with van der Waals surface area (Å²) in [5.41, 5.74) is 8.23. The number of likely N-dealkylation sites (tertiary alicyclic amines) is 1. The number of amides is 2. The minimum atomic E-state index is -0.852. The van der Waals surface area contributed by atoms with Gasteiger partial charge in [0.15, 0.2) is 5.78 Å². The Morgan fingerprint density at radius 3 is 2.26 bits per heavy atom. The quantitative estimate of drug-likeness (QED) is 0.0375. The fourth-order valence-corrected chi connectivity index (χ4v) is 9.75. The summed E-state index contributed by atoms with van der Waals surface area (Å²) in [6.07, 6.45) is 0.771. The highest BCUT2D eigenvalue weighted by atomic mass is 35.5. The summed E-state index contributed by atoms with van der Waals surface area (Å²) in [7, 11) is 0. The maximum Gasteiger partial charge on any atom is 0.243 e. The summed E-state index contributed by atoms with van der Waals surface area (Å²) in [4.78, 5) is 56.1. The molecule has 2 amide bonds. The monoisotopic (exact) mass is 1090 g/mol. The third kappa shape index (κ3) is 15.9. The fourth-order valence-electron chi connectivity index (χ4n) is 8.71. The Morgan fingerprint density at radius 1 is 0.818 bits per heavy atom. The van der Waals surface area contributed by atoms with Gasteiger partial charge in [0.05, 0.1) is 78.3 Å². The molecule has 8 rings (SSSR count). The Hall–Kier alpha value is -6.90. The van der Waals surface area contributed by atoms with Gasteiger partial charge in [0, 0.05) is 30.6 Å². The first-order valence-electron chi connectivity index (χ1n) is 25.3. The number of aliphatic hydroxyl groups excluding tert-OH is 1. The summed E-state index contributed by atoms with van der Waals surface area (Å²) in [6, 6.07) is 31.5. The molecule has 0 aliphatic carbocycles. The van der Waals surface area contributed by atoms with E-state index in [4.69, 9.17) is 35.3 Å². The molecule has 0 radical (unpaired) electrons. The second-order valence-electron chi connectivity index (χ2n) is 19.6. The van der Waals surface area contributed by atoms with Crippen LogP contribution in [0.3, 0.4) is 0 Å². The van der Waals surface area contributed by atoms with Gasteiger partial charge in [-0.1, -0.05) is 87.0 Å². The number of Topliss-reactive ketones (excluding diaryl/α,β-unsaturated/α-hetero) is 1. The Bertz CT molecular complexity index is 3100. The molecule has 3 heterocycles. The number of hydrogen-bond donors (Lipinski definition) is 4. The molecule has 16 nitrogen and oxygen atoms in total. The maximum absolute atomic E-state index is 14.0. The number of ether oxygens (including phenoxy) is 5. The van der Waals surface area contributed by atoms with E-state index in [0.717, 1.165) is 43.7 Å². The average molecular weight is 1090 g/mol. The molecule has 19 heteroatoms. The van der Waals surface area contributed by atoms with E-state index in [2.05, 4.69) is 30.9 Å². The third-order valence-electron chi connectivity index (χ3n) is 12.7. The fraction of sp³-hybridized carbons (Fsp3) is 0.345. The van der Waals surface area contributed by atoms with Crippen molar-refractivity contribution in [2.45, 2.75) is 65.5 Å². The van der Waals surface area contributed by atoms with Crippen molar-refractivity contribution in [1.29, 1.82) is 0 Å². The molecule has 0 spiro atoms. The number of nitrogens with one attached hydrogen (secondary N) is 3. The number of halogens is 2. The predicted molar refractivity (Wildman–Crippen MR) is 295 cm³/mol. The lowest BCUT2D eigenvalue weighted by Crippen LogP contribution is -2.57. The number of aromatic nitrogens is 3. The van der Waals surface area contributed by atoms with Gasteiger partial charge in [-0.15, -0.1) is 11.3 Å². The van der Waals surface area contributed by atoms with Crippen LogP contribution < -0.4 is 25.4 Å². The van der Waals surface area contributed by atoms with Crippen LogP contribution in [0.5, 0.6) is 11.5 Å². The number of β-amino-alcohol motifs (C(OH)–C–C–N with tert-alkyl or cyclic N) is 1. The SMILES string of the molecule is Cc1ncsc1-c1ccc(CNC(=O)[C@@H]2C[C@@H](O)CN2C(=O)[C@@H](NCC(=O)COCCOCCOCCOc2ccc(-c3ccc4ncnc(Nc5ccc(OCc6cccc(F)c6)c(Cl)c5)c4c3)cc2)C(C)(C)C)cc1. The van der Waals surface area contributed by atoms with E-state index >= 15 is 0 Å². The number of aryl methyl sites for hydroxylation is 1. The van der Waals surface area contributed by atoms with E-state index in [-0.39, 0.29) is 75.9 Å². The highest BCUT2D eigenvalue weighted by Crippen LogP contribution is 2.34. The van der Waals surface area contributed by atoms with E-state index in [0.29, 0.717) is 60.0 Å². The van der Waals surface area contributed by atoms with Crippen LogP contribution >= 0.6 is 22.9 Å². The highest BCUT2D eigenvalue weighted by Gasteiger charge is 2.44. The number of aliphatic hydroxyl groups is 1. The number of benzene rings is 5. The van der Waals surface area contributed by atoms with Crippen LogP contribution in [0.4, 0.5) is 15.9 Å². The zero-order valence-corrected chi connectivity index (χ0v) is 45.0. The van der Waals surface area contributed by atoms with Crippen molar-refractivity contribution >= 4 is 62.9 Å². The summed E-state index contributed by atoms with van der Waals surface area (Å²) in [5, 5.41) is 21.2. The second kappa shape index (κ2) is 26.9. The zero-order chi connectivity index (χ0) is 54.3. The third-order valence-corrected chi connectivity index (χ3v) is 14.0. The second-order valence-corrected chi connectivity index (χ2v) is 20.9. The van der Waals surface area contributed by atoms with E-state index in [1.165, 1.54) is 23.4 Å². The first kappa shape index (κ1) is 56.3. The first-order chi connectivity index (χ1) is 37.2. The number of hydrogen-bond acceptors (Lipinski definition) is 15. The molecular formula is C58H63ClFN7O9S. The molecule has 1 saturated heterocycles. The van der Waals surface area contributed by atoms with Crippen LogP contribution in [0.25, 0.3) is 32.5 Å². The number of ketones is 1. The van der Waals surface area contributed by atoms with Crippen molar-refractivity contribution in [3.05, 3.63) is 149 Å². The van der Waals surface area contributed by atoms with Crippen LogP contribution in [0.15, 0.2) is 121 Å². The minimum absolute atomic E-state index is 0.0167. The standard InChI is InChI=1S/C58H63ClFN7O9S/c1-37-53(77-36-65-37)41-10-8-38(9-11-41)30-62-56(70)51-29-45(68)32-67(51)57(71)54(58(2,3)4)61-31-46(69)34-74-23-22-72-20-21-73-24-25-75-47-16-12-40(13-17-47)42-14-18-50-48(27-42)55(64-35-63-50)66-44-15-19-52(49(59)28-44)76-33-39-6-5-7-43(60)26-39/h5-19,26-28,35-36,45,51,54,61,68H,20-25,29-34H2,1-4H3,(H,62,70)(H,63,64,66)/t45-,51+,54-/m1/s1. The van der Waals surface area contributed by atoms with Gasteiger partial charge < -0.3 is 44.3 Å². The van der Waals surface area contributed by atoms with Gasteiger partial charge in [0.2, 0.25) is 11.8 Å². The normalized spacial score (nSPS) is 14.9. The van der Waals surface area contributed by atoms with Gasteiger partial charge in [-0.05, 0) is 94.8 Å². The van der Waals surface area contributed by atoms with Gasteiger partial charge in [-0.2, -0.15) is 0 Å². The van der Waals surface area contributed by atoms with Crippen molar-refractivity contribution in [2.24, 2.45) is 5.41 Å². The number of carbonyl (C=O) groups is 3. The van der Waals surface area contributed by atoms with E-state index in [1.807, 2.05) is 106 Å². The Balaban J connectivity index is 0.693. The first-order valence-corrected chi connectivity index (χ1v) is 26.6. The van der Waals surface area contributed by atoms with Crippen molar-refractivity contribution in [3.63, 3.8) is 0 Å². The van der Waals surface area contributed by atoms with E-state index < -0.39 is 23.6 Å². The number of thiazole rings is 1. The summed E-state index contributed by atoms with van der Waals surface area (Å²) in [6.45, 7) is 9.61. The number of carbonyl (C=O) groups excluding carboxylic acids is 3. The summed E-state index contributed by atoms with van der Waals surface area (Å²) >= 11 is 8.13. The molecule has 1 fully saturated rings. The molecule has 0 saturated carbocycles. The largest absolute Gasteiger partial charge is 0.491 e. The Labute approximate surface area is 456 Å². The number of anilines is 2. The average Bonchev–Trinajstić information content (AvgIpc) is 4.05. The zero-order valence-electron chi connectivity index (χ0n) is 43.4. The minimum Gasteiger partial charge on any atom is -0.491 e. The lowest BCUT2D eigenvalue weighted by molar-refractivity contribution is -0.142. The molecule has 7 aromatic rings. The van der Waals surface area contributed by atoms with Crippen LogP contribution in [-0.2, 0) is 41.7 Å². The van der Waals surface area contributed by atoms with E-state index in [9.17, 15) is 23.9 Å². The van der Waals surface area contributed by atoms with Gasteiger partial charge in [-0.25, -0.2) is 19.3 Å². The molecule has 0 bridgehead atoms. The van der Waals surface area contributed by atoms with Gasteiger partial charge >= 0.3 is 0 Å². The molecule has 77 heavy (non-hydrogen) atoms. The maximum atomic E-state index is 14.0. The molecule has 404 valence electrons. The van der Waals surface area contributed by atoms with Gasteiger partial charge in [0.1, 0.15) is 55.3 Å². The van der Waals surface area contributed by atoms with Gasteiger partial charge in [-0.3, -0.25) is 19.7 Å². The lowest BCUT2D eigenvalue weighted by atomic mass is 9.85. The molecule has 1 aliphatic rings. The highest BCUT2D eigenvalue weighted by molar-refractivity contribution is 7.13. The van der Waals surface area contributed by atoms with Crippen LogP contribution in [0.1, 0.15) is 44.0 Å². The van der Waals surface area contributed by atoms with Crippen molar-refractivity contribution in [3.8, 4) is 33.1 Å². The Morgan fingerprint density at radius 2 is 1.55 bits per heavy atom. The number of rotatable bonds is 26. The predicted octanol–water partition coefficient (Wildman–Crippen LogP) is 9.12. The molecular weight excluding hydrogens is 1030 g/mol. The lowest BCUT2D eigenvalue weighted by Gasteiger charge is -2.35. The topological polar surface area (TPSA) is 196 Å². The molecule has 1 aliphatic heterocycles. The molecule has 3 atom stereocenters. The van der Waals surface area contributed by atoms with Crippen LogP contribution in [0.2, 0.25) is 5.02 Å². The molecule has 0 unspecified atom stereocenters. The van der Waals surface area contributed by atoms with Crippen LogP contribution in [-0.4, -0.2) is 120 Å². The molecule has 4 N–H and O–H groups in total. The molecule has 5 aromatic carbocycles. The van der Waals surface area contributed by atoms with Crippen molar-refractivity contribution in [1.82, 2.24) is 30.5 Å². The van der Waals surface area contributed by atoms with Crippen LogP contribution in [0, 0.1) is 18.2 Å². The molecule has 2 aromatic heterocycles. The van der Waals surface area contributed by atoms with Gasteiger partial charge in [0.25, 0.3) is 0 Å². The summed E-state index contributed by atoms with van der Waals surface area (Å²) < 4.78 is 42.2. The van der Waals surface area contributed by atoms with E-state index in [1.54, 1.807) is 35.6 Å². The number of fused-ring (bicyclic) bond motifs is 1. The smallest absolute Gasteiger partial charge is 0.243 e. The summed E-state index contributed by atoms with van der Waals surface area (Å²) in [5.74, 6) is 0.494. The van der Waals surface area contributed by atoms with Crippen molar-refractivity contribution in [2.75, 3.05) is 64.7 Å². The van der Waals surface area contributed by atoms with Crippen molar-refractivity contribution < 1.29 is 47.6 Å². The number of nitrogens with zero attached hydrogens (tertiary/aromatic N) is 4. The Kier molecular flexibility index (Phi) is 19.7.